The molecule has 28 heavy (non-hydrogen) atoms. The molecule has 0 unspecified atom stereocenters. The second-order valence-electron chi connectivity index (χ2n) is 7.26. The van der Waals surface area contributed by atoms with Crippen molar-refractivity contribution in [3.8, 4) is 0 Å². The Labute approximate surface area is 168 Å². The third kappa shape index (κ3) is 4.52. The number of likely N-dealkylation sites (tertiary alicyclic amines) is 1. The molecule has 0 aromatic heterocycles. The van der Waals surface area contributed by atoms with Crippen LogP contribution in [0.3, 0.4) is 0 Å². The van der Waals surface area contributed by atoms with Gasteiger partial charge in [-0.05, 0) is 37.5 Å². The summed E-state index contributed by atoms with van der Waals surface area (Å²) in [5.74, 6) is -2.47. The molecule has 1 aliphatic carbocycles. The molecule has 1 aromatic carbocycles. The summed E-state index contributed by atoms with van der Waals surface area (Å²) in [6, 6.07) is 6.77. The third-order valence-corrected chi connectivity index (χ3v) is 5.55. The van der Waals surface area contributed by atoms with Gasteiger partial charge in [-0.3, -0.25) is 24.1 Å². The lowest BCUT2D eigenvalue weighted by Crippen LogP contribution is -2.38. The highest BCUT2D eigenvalue weighted by Crippen LogP contribution is 2.37. The predicted octanol–water partition coefficient (Wildman–Crippen LogP) is 2.24. The molecule has 2 aliphatic rings. The fourth-order valence-electron chi connectivity index (χ4n) is 3.85. The number of esters is 1. The van der Waals surface area contributed by atoms with Crippen LogP contribution in [0.1, 0.15) is 44.2 Å². The van der Waals surface area contributed by atoms with Crippen molar-refractivity contribution in [1.82, 2.24) is 10.2 Å². The Morgan fingerprint density at radius 1 is 1.21 bits per heavy atom. The Morgan fingerprint density at radius 3 is 2.46 bits per heavy atom. The molecular formula is C20H23ClN2O5. The fourth-order valence-corrected chi connectivity index (χ4v) is 4.05. The summed E-state index contributed by atoms with van der Waals surface area (Å²) in [5.41, 5.74) is 0.822. The first-order chi connectivity index (χ1) is 13.4. The van der Waals surface area contributed by atoms with Gasteiger partial charge in [-0.15, -0.1) is 0 Å². The molecule has 1 heterocycles. The third-order valence-electron chi connectivity index (χ3n) is 5.31. The van der Waals surface area contributed by atoms with E-state index in [2.05, 4.69) is 5.32 Å². The number of nitrogens with zero attached hydrogens (tertiary/aromatic N) is 1. The molecule has 1 aliphatic heterocycles. The van der Waals surface area contributed by atoms with E-state index in [1.165, 1.54) is 0 Å². The van der Waals surface area contributed by atoms with E-state index in [9.17, 15) is 19.2 Å². The Balaban J connectivity index is 1.47. The van der Waals surface area contributed by atoms with Gasteiger partial charge in [-0.2, -0.15) is 0 Å². The summed E-state index contributed by atoms with van der Waals surface area (Å²) < 4.78 is 4.95. The van der Waals surface area contributed by atoms with Crippen LogP contribution in [0, 0.1) is 11.8 Å². The Morgan fingerprint density at radius 2 is 1.86 bits per heavy atom. The molecule has 1 N–H and O–H groups in total. The summed E-state index contributed by atoms with van der Waals surface area (Å²) in [4.78, 5) is 49.8. The molecular weight excluding hydrogens is 384 g/mol. The summed E-state index contributed by atoms with van der Waals surface area (Å²) in [5, 5.41) is 3.27. The van der Waals surface area contributed by atoms with Crippen LogP contribution in [-0.4, -0.2) is 41.7 Å². The molecule has 1 saturated carbocycles. The molecule has 1 saturated heterocycles. The fraction of sp³-hybridized carbons (Fsp3) is 0.500. The van der Waals surface area contributed by atoms with Crippen molar-refractivity contribution in [2.75, 3.05) is 13.2 Å². The van der Waals surface area contributed by atoms with Crippen molar-refractivity contribution in [2.24, 2.45) is 11.8 Å². The summed E-state index contributed by atoms with van der Waals surface area (Å²) in [7, 11) is 0. The Kier molecular flexibility index (Phi) is 6.34. The molecule has 2 fully saturated rings. The molecule has 3 atom stereocenters. The van der Waals surface area contributed by atoms with E-state index in [0.717, 1.165) is 23.3 Å². The normalized spacial score (nSPS) is 22.6. The first kappa shape index (κ1) is 20.3. The average Bonchev–Trinajstić information content (AvgIpc) is 2.91. The quantitative estimate of drug-likeness (QED) is 0.577. The lowest BCUT2D eigenvalue weighted by molar-refractivity contribution is -0.155. The van der Waals surface area contributed by atoms with E-state index in [-0.39, 0.29) is 29.7 Å². The minimum atomic E-state index is -0.772. The van der Waals surface area contributed by atoms with Crippen LogP contribution in [-0.2, 0) is 23.9 Å². The number of hydrogen-bond donors (Lipinski definition) is 1. The molecule has 0 spiro atoms. The van der Waals surface area contributed by atoms with Crippen molar-refractivity contribution in [1.29, 1.82) is 0 Å². The maximum Gasteiger partial charge on any atom is 0.326 e. The number of imide groups is 1. The van der Waals surface area contributed by atoms with Crippen molar-refractivity contribution in [2.45, 2.75) is 38.6 Å². The number of nitrogens with one attached hydrogen (secondary N) is 1. The first-order valence-electron chi connectivity index (χ1n) is 9.42. The minimum Gasteiger partial charge on any atom is -0.454 e. The van der Waals surface area contributed by atoms with Gasteiger partial charge in [0.25, 0.3) is 5.91 Å². The summed E-state index contributed by atoms with van der Waals surface area (Å²) in [6.45, 7) is 0.864. The van der Waals surface area contributed by atoms with Crippen LogP contribution in [0.4, 0.5) is 0 Å². The second kappa shape index (κ2) is 8.73. The van der Waals surface area contributed by atoms with Gasteiger partial charge in [0.15, 0.2) is 6.61 Å². The number of fused-ring (bicyclic) bond motifs is 1. The van der Waals surface area contributed by atoms with Gasteiger partial charge in [-0.25, -0.2) is 0 Å². The van der Waals surface area contributed by atoms with Crippen molar-refractivity contribution >= 4 is 35.3 Å². The van der Waals surface area contributed by atoms with E-state index in [4.69, 9.17) is 16.3 Å². The molecule has 0 bridgehead atoms. The standard InChI is InChI=1S/C20H23ClN2O5/c1-12(13-5-4-6-14(21)9-13)22-17(24)11-28-18(25)10-23-19(26)15-7-2-3-8-16(15)20(23)27/h4-6,9,12,15-16H,2-3,7-8,10-11H2,1H3,(H,22,24)/t12-,15-,16+/m0/s1. The highest BCUT2D eigenvalue weighted by atomic mass is 35.5. The largest absolute Gasteiger partial charge is 0.454 e. The van der Waals surface area contributed by atoms with Crippen molar-refractivity contribution in [3.05, 3.63) is 34.9 Å². The van der Waals surface area contributed by atoms with Crippen LogP contribution < -0.4 is 5.32 Å². The van der Waals surface area contributed by atoms with Crippen LogP contribution in [0.25, 0.3) is 0 Å². The number of amides is 3. The van der Waals surface area contributed by atoms with E-state index in [0.29, 0.717) is 17.9 Å². The molecule has 3 amide bonds. The molecule has 1 aromatic rings. The number of carbonyl (C=O) groups excluding carboxylic acids is 4. The number of halogens is 1. The Hall–Kier alpha value is -2.41. The molecule has 7 nitrogen and oxygen atoms in total. The zero-order valence-corrected chi connectivity index (χ0v) is 16.4. The topological polar surface area (TPSA) is 92.8 Å². The summed E-state index contributed by atoms with van der Waals surface area (Å²) in [6.07, 6.45) is 3.21. The number of hydrogen-bond acceptors (Lipinski definition) is 5. The lowest BCUT2D eigenvalue weighted by Gasteiger charge is -2.19. The maximum absolute atomic E-state index is 12.4. The van der Waals surface area contributed by atoms with Gasteiger partial charge in [0, 0.05) is 5.02 Å². The van der Waals surface area contributed by atoms with Crippen LogP contribution in [0.5, 0.6) is 0 Å². The number of carbonyl (C=O) groups is 4. The van der Waals surface area contributed by atoms with Gasteiger partial charge >= 0.3 is 5.97 Å². The van der Waals surface area contributed by atoms with Gasteiger partial charge in [0.1, 0.15) is 6.54 Å². The van der Waals surface area contributed by atoms with Gasteiger partial charge < -0.3 is 10.1 Å². The Bertz CT molecular complexity index is 773. The molecule has 0 radical (unpaired) electrons. The second-order valence-corrected chi connectivity index (χ2v) is 7.70. The van der Waals surface area contributed by atoms with E-state index < -0.39 is 25.0 Å². The van der Waals surface area contributed by atoms with Crippen LogP contribution >= 0.6 is 11.6 Å². The lowest BCUT2D eigenvalue weighted by atomic mass is 9.81. The first-order valence-corrected chi connectivity index (χ1v) is 9.80. The number of rotatable bonds is 6. The van der Waals surface area contributed by atoms with Gasteiger partial charge in [0.05, 0.1) is 17.9 Å². The SMILES string of the molecule is C[C@H](NC(=O)COC(=O)CN1C(=O)[C@H]2CCCC[C@H]2C1=O)c1cccc(Cl)c1. The molecule has 8 heteroatoms. The number of benzene rings is 1. The maximum atomic E-state index is 12.4. The molecule has 3 rings (SSSR count). The zero-order valence-electron chi connectivity index (χ0n) is 15.7. The van der Waals surface area contributed by atoms with Crippen LogP contribution in [0.2, 0.25) is 5.02 Å². The van der Waals surface area contributed by atoms with E-state index in [1.54, 1.807) is 25.1 Å². The monoisotopic (exact) mass is 406 g/mol. The number of ether oxygens (including phenoxy) is 1. The van der Waals surface area contributed by atoms with Crippen molar-refractivity contribution in [3.63, 3.8) is 0 Å². The van der Waals surface area contributed by atoms with Crippen molar-refractivity contribution < 1.29 is 23.9 Å². The summed E-state index contributed by atoms with van der Waals surface area (Å²) >= 11 is 5.94. The van der Waals surface area contributed by atoms with E-state index >= 15 is 0 Å². The van der Waals surface area contributed by atoms with Gasteiger partial charge in [0.2, 0.25) is 11.8 Å². The van der Waals surface area contributed by atoms with E-state index in [1.807, 2.05) is 6.07 Å². The highest BCUT2D eigenvalue weighted by molar-refractivity contribution is 6.30. The zero-order chi connectivity index (χ0) is 20.3. The highest BCUT2D eigenvalue weighted by Gasteiger charge is 2.48. The molecule has 150 valence electrons. The van der Waals surface area contributed by atoms with Crippen LogP contribution in [0.15, 0.2) is 24.3 Å². The average molecular weight is 407 g/mol. The minimum absolute atomic E-state index is 0.300. The smallest absolute Gasteiger partial charge is 0.326 e. The van der Waals surface area contributed by atoms with Gasteiger partial charge in [-0.1, -0.05) is 36.6 Å². The predicted molar refractivity (Wildman–Crippen MR) is 101 cm³/mol.